The molecule has 10 heteroatoms. The van der Waals surface area contributed by atoms with Crippen LogP contribution in [0.3, 0.4) is 0 Å². The maximum atomic E-state index is 13.4. The third kappa shape index (κ3) is 4.15. The molecule has 162 valence electrons. The highest BCUT2D eigenvalue weighted by Crippen LogP contribution is 2.42. The molecule has 0 radical (unpaired) electrons. The molecule has 0 unspecified atom stereocenters. The minimum absolute atomic E-state index is 0.0463. The molecule has 4 aromatic rings. The average molecular weight is 462 g/mol. The Morgan fingerprint density at radius 1 is 0.969 bits per heavy atom. The molecule has 1 aromatic heterocycles. The highest BCUT2D eigenvalue weighted by molar-refractivity contribution is 6.33. The van der Waals surface area contributed by atoms with Crippen molar-refractivity contribution in [3.05, 3.63) is 97.9 Å². The van der Waals surface area contributed by atoms with Crippen LogP contribution in [0.5, 0.6) is 11.5 Å². The van der Waals surface area contributed by atoms with Gasteiger partial charge < -0.3 is 9.15 Å². The summed E-state index contributed by atoms with van der Waals surface area (Å²) < 4.78 is 50.9. The van der Waals surface area contributed by atoms with Crippen molar-refractivity contribution in [1.82, 2.24) is 0 Å². The van der Waals surface area contributed by atoms with Crippen LogP contribution in [0.25, 0.3) is 22.1 Å². The Hall–Kier alpha value is -3.85. The number of nitrogens with zero attached hydrogens (tertiary/aromatic N) is 1. The van der Waals surface area contributed by atoms with Crippen LogP contribution < -0.4 is 10.4 Å². The van der Waals surface area contributed by atoms with Crippen LogP contribution in [0.4, 0.5) is 18.9 Å². The average Bonchev–Trinajstić information content (AvgIpc) is 2.74. The zero-order chi connectivity index (χ0) is 23.0. The molecule has 0 aliphatic heterocycles. The van der Waals surface area contributed by atoms with E-state index >= 15 is 0 Å². The van der Waals surface area contributed by atoms with Crippen LogP contribution >= 0.6 is 11.6 Å². The third-order valence-electron chi connectivity index (χ3n) is 4.58. The summed E-state index contributed by atoms with van der Waals surface area (Å²) in [5, 5.41) is 11.3. The molecule has 1 heterocycles. The molecule has 0 saturated carbocycles. The molecule has 6 nitrogen and oxygen atoms in total. The molecule has 0 fully saturated rings. The topological polar surface area (TPSA) is 82.6 Å². The van der Waals surface area contributed by atoms with E-state index in [1.807, 2.05) is 0 Å². The van der Waals surface area contributed by atoms with Crippen LogP contribution in [0.2, 0.25) is 5.02 Å². The van der Waals surface area contributed by atoms with E-state index in [4.69, 9.17) is 20.8 Å². The van der Waals surface area contributed by atoms with Gasteiger partial charge in [-0.2, -0.15) is 13.2 Å². The molecule has 4 rings (SSSR count). The van der Waals surface area contributed by atoms with Crippen molar-refractivity contribution >= 4 is 28.3 Å². The van der Waals surface area contributed by atoms with Gasteiger partial charge in [-0.1, -0.05) is 41.9 Å². The molecule has 0 aliphatic rings. The summed E-state index contributed by atoms with van der Waals surface area (Å²) in [5.41, 5.74) is -1.47. The lowest BCUT2D eigenvalue weighted by Crippen LogP contribution is -2.08. The van der Waals surface area contributed by atoms with Crippen LogP contribution in [0.15, 0.2) is 75.9 Å². The molecule has 0 atom stereocenters. The largest absolute Gasteiger partial charge is 0.455 e. The molecular formula is C22H11ClF3NO5. The summed E-state index contributed by atoms with van der Waals surface area (Å²) in [6.07, 6.45) is -4.92. The van der Waals surface area contributed by atoms with Crippen molar-refractivity contribution in [3.63, 3.8) is 0 Å². The SMILES string of the molecule is O=c1cc(-c2ccccc2)c2cc(Cl)c(Oc3ccc([N+](=O)[O-])cc3C(F)(F)F)cc2o1. The van der Waals surface area contributed by atoms with E-state index in [0.717, 1.165) is 12.1 Å². The van der Waals surface area contributed by atoms with E-state index in [9.17, 15) is 28.1 Å². The number of fused-ring (bicyclic) bond motifs is 1. The fourth-order valence-corrected chi connectivity index (χ4v) is 3.36. The molecule has 0 spiro atoms. The number of rotatable bonds is 4. The van der Waals surface area contributed by atoms with Gasteiger partial charge in [0.25, 0.3) is 5.69 Å². The smallest absolute Gasteiger partial charge is 0.420 e. The van der Waals surface area contributed by atoms with Crippen molar-refractivity contribution in [2.75, 3.05) is 0 Å². The van der Waals surface area contributed by atoms with Gasteiger partial charge in [0, 0.05) is 29.7 Å². The van der Waals surface area contributed by atoms with E-state index < -0.39 is 33.7 Å². The number of ether oxygens (including phenoxy) is 1. The van der Waals surface area contributed by atoms with Gasteiger partial charge in [-0.25, -0.2) is 4.79 Å². The first-order chi connectivity index (χ1) is 15.1. The molecule has 0 aliphatic carbocycles. The highest BCUT2D eigenvalue weighted by atomic mass is 35.5. The summed E-state index contributed by atoms with van der Waals surface area (Å²) in [7, 11) is 0. The Morgan fingerprint density at radius 2 is 1.69 bits per heavy atom. The number of benzene rings is 3. The minimum atomic E-state index is -4.92. The van der Waals surface area contributed by atoms with Crippen molar-refractivity contribution in [2.45, 2.75) is 6.18 Å². The van der Waals surface area contributed by atoms with E-state index in [1.165, 1.54) is 18.2 Å². The highest BCUT2D eigenvalue weighted by Gasteiger charge is 2.36. The van der Waals surface area contributed by atoms with Gasteiger partial charge >= 0.3 is 11.8 Å². The molecule has 0 saturated heterocycles. The lowest BCUT2D eigenvalue weighted by atomic mass is 10.0. The number of nitro groups is 1. The zero-order valence-corrected chi connectivity index (χ0v) is 16.6. The summed E-state index contributed by atoms with van der Waals surface area (Å²) in [6.45, 7) is 0. The second-order valence-electron chi connectivity index (χ2n) is 6.66. The number of halogens is 4. The maximum Gasteiger partial charge on any atom is 0.420 e. The van der Waals surface area contributed by atoms with Gasteiger partial charge in [-0.3, -0.25) is 10.1 Å². The first-order valence-corrected chi connectivity index (χ1v) is 9.37. The van der Waals surface area contributed by atoms with Crippen molar-refractivity contribution in [1.29, 1.82) is 0 Å². The molecule has 0 bridgehead atoms. The monoisotopic (exact) mass is 461 g/mol. The number of hydrogen-bond donors (Lipinski definition) is 0. The summed E-state index contributed by atoms with van der Waals surface area (Å²) in [6, 6.07) is 14.9. The number of non-ortho nitro benzene ring substituents is 1. The molecular weight excluding hydrogens is 451 g/mol. The predicted molar refractivity (Wildman–Crippen MR) is 111 cm³/mol. The number of hydrogen-bond acceptors (Lipinski definition) is 5. The fraction of sp³-hybridized carbons (Fsp3) is 0.0455. The lowest BCUT2D eigenvalue weighted by Gasteiger charge is -2.15. The Morgan fingerprint density at radius 3 is 2.34 bits per heavy atom. The standard InChI is InChI=1S/C22H11ClF3NO5/c23-17-9-15-14(12-4-2-1-3-5-12)10-21(28)32-19(15)11-20(17)31-18-7-6-13(27(29)30)8-16(18)22(24,25)26/h1-11H. The number of alkyl halides is 3. The van der Waals surface area contributed by atoms with Gasteiger partial charge in [-0.05, 0) is 23.3 Å². The van der Waals surface area contributed by atoms with Crippen molar-refractivity contribution in [3.8, 4) is 22.6 Å². The van der Waals surface area contributed by atoms with Gasteiger partial charge in [0.15, 0.2) is 0 Å². The first-order valence-electron chi connectivity index (χ1n) is 9.00. The van der Waals surface area contributed by atoms with E-state index in [2.05, 4.69) is 0 Å². The van der Waals surface area contributed by atoms with Crippen LogP contribution in [-0.2, 0) is 6.18 Å². The van der Waals surface area contributed by atoms with E-state index in [-0.39, 0.29) is 16.4 Å². The minimum Gasteiger partial charge on any atom is -0.455 e. The van der Waals surface area contributed by atoms with E-state index in [0.29, 0.717) is 22.6 Å². The third-order valence-corrected chi connectivity index (χ3v) is 4.88. The van der Waals surface area contributed by atoms with E-state index in [1.54, 1.807) is 30.3 Å². The second-order valence-corrected chi connectivity index (χ2v) is 7.07. The lowest BCUT2D eigenvalue weighted by molar-refractivity contribution is -0.385. The van der Waals surface area contributed by atoms with Gasteiger partial charge in [0.2, 0.25) is 0 Å². The summed E-state index contributed by atoms with van der Waals surface area (Å²) >= 11 is 6.27. The quantitative estimate of drug-likeness (QED) is 0.189. The summed E-state index contributed by atoms with van der Waals surface area (Å²) in [4.78, 5) is 22.0. The predicted octanol–water partition coefficient (Wildman–Crippen LogP) is 6.83. The molecule has 0 N–H and O–H groups in total. The Balaban J connectivity index is 1.85. The van der Waals surface area contributed by atoms with Crippen LogP contribution in [0, 0.1) is 10.1 Å². The van der Waals surface area contributed by atoms with Crippen LogP contribution in [-0.4, -0.2) is 4.92 Å². The molecule has 0 amide bonds. The van der Waals surface area contributed by atoms with Gasteiger partial charge in [0.05, 0.1) is 9.95 Å². The van der Waals surface area contributed by atoms with Gasteiger partial charge in [-0.15, -0.1) is 0 Å². The Labute approximate surface area is 182 Å². The fourth-order valence-electron chi connectivity index (χ4n) is 3.16. The second kappa shape index (κ2) is 8.01. The normalized spacial score (nSPS) is 11.5. The Bertz CT molecular complexity index is 1400. The first kappa shape index (κ1) is 21.4. The van der Waals surface area contributed by atoms with Crippen molar-refractivity contribution in [2.24, 2.45) is 0 Å². The molecule has 32 heavy (non-hydrogen) atoms. The zero-order valence-electron chi connectivity index (χ0n) is 15.9. The Kier molecular flexibility index (Phi) is 5.35. The number of nitro benzene ring substituents is 1. The van der Waals surface area contributed by atoms with Crippen LogP contribution in [0.1, 0.15) is 5.56 Å². The summed E-state index contributed by atoms with van der Waals surface area (Å²) in [5.74, 6) is -0.905. The van der Waals surface area contributed by atoms with Gasteiger partial charge in [0.1, 0.15) is 22.6 Å². The maximum absolute atomic E-state index is 13.4. The van der Waals surface area contributed by atoms with Crippen molar-refractivity contribution < 1.29 is 27.2 Å². The molecule has 3 aromatic carbocycles.